The standard InChI is InChI=1S/C20H33N7O3S/c1-13(23-3)18(29)24-17(14(2)28)19(30)26-11-7-8-15(26)12-27(22)20(25-21)31-16-9-5-4-6-10-16/h4-6,9-10,13-15,17,23,28H,7-8,11-12,21-22H2,1-3H3,(H,24,29)/b25-20+/t13-,14+,15-,17-/m0/s1. The quantitative estimate of drug-likeness (QED) is 0.118. The zero-order valence-electron chi connectivity index (χ0n) is 18.2. The van der Waals surface area contributed by atoms with E-state index in [1.54, 1.807) is 18.9 Å². The predicted molar refractivity (Wildman–Crippen MR) is 122 cm³/mol. The first-order valence-corrected chi connectivity index (χ1v) is 11.1. The highest BCUT2D eigenvalue weighted by Gasteiger charge is 2.37. The van der Waals surface area contributed by atoms with Gasteiger partial charge >= 0.3 is 0 Å². The number of carbonyl (C=O) groups is 2. The van der Waals surface area contributed by atoms with Gasteiger partial charge in [0.25, 0.3) is 0 Å². The Balaban J connectivity index is 2.06. The summed E-state index contributed by atoms with van der Waals surface area (Å²) in [7, 11) is 1.65. The number of benzene rings is 1. The second-order valence-electron chi connectivity index (χ2n) is 7.54. The number of nitrogens with two attached hydrogens (primary N) is 2. The number of hydrazine groups is 1. The van der Waals surface area contributed by atoms with Crippen LogP contribution in [0.4, 0.5) is 0 Å². The number of amides is 2. The fourth-order valence-electron chi connectivity index (χ4n) is 3.35. The molecule has 0 unspecified atom stereocenters. The van der Waals surface area contributed by atoms with Gasteiger partial charge in [-0.05, 0) is 57.6 Å². The van der Waals surface area contributed by atoms with Crippen molar-refractivity contribution in [3.05, 3.63) is 30.3 Å². The number of likely N-dealkylation sites (N-methyl/N-ethyl adjacent to an activating group) is 1. The largest absolute Gasteiger partial charge is 0.391 e. The van der Waals surface area contributed by atoms with Crippen LogP contribution < -0.4 is 22.3 Å². The van der Waals surface area contributed by atoms with E-state index in [9.17, 15) is 14.7 Å². The number of nitrogens with zero attached hydrogens (tertiary/aromatic N) is 3. The van der Waals surface area contributed by atoms with Crippen LogP contribution in [0.1, 0.15) is 26.7 Å². The van der Waals surface area contributed by atoms with Gasteiger partial charge in [-0.1, -0.05) is 18.2 Å². The first-order chi connectivity index (χ1) is 14.8. The summed E-state index contributed by atoms with van der Waals surface area (Å²) in [6, 6.07) is 7.89. The molecular formula is C20H33N7O3S. The topological polar surface area (TPSA) is 149 Å². The fourth-order valence-corrected chi connectivity index (χ4v) is 4.10. The Bertz CT molecular complexity index is 762. The van der Waals surface area contributed by atoms with E-state index in [2.05, 4.69) is 15.7 Å². The molecule has 1 aliphatic heterocycles. The van der Waals surface area contributed by atoms with Crippen molar-refractivity contribution in [2.75, 3.05) is 20.1 Å². The predicted octanol–water partition coefficient (Wildman–Crippen LogP) is -0.351. The van der Waals surface area contributed by atoms with Crippen LogP contribution in [0, 0.1) is 0 Å². The van der Waals surface area contributed by atoms with Crippen molar-refractivity contribution in [1.82, 2.24) is 20.5 Å². The van der Waals surface area contributed by atoms with Crippen LogP contribution >= 0.6 is 11.8 Å². The van der Waals surface area contributed by atoms with Gasteiger partial charge in [0.1, 0.15) is 6.04 Å². The summed E-state index contributed by atoms with van der Waals surface area (Å²) in [6.07, 6.45) is 0.518. The number of thioether (sulfide) groups is 1. The highest BCUT2D eigenvalue weighted by molar-refractivity contribution is 8.13. The monoisotopic (exact) mass is 451 g/mol. The van der Waals surface area contributed by atoms with Crippen molar-refractivity contribution in [1.29, 1.82) is 0 Å². The molecule has 0 aromatic heterocycles. The number of hydrogen-bond acceptors (Lipinski definition) is 8. The molecular weight excluding hydrogens is 418 g/mol. The Labute approximate surface area is 187 Å². The molecule has 2 rings (SSSR count). The first kappa shape index (κ1) is 24.9. The zero-order valence-corrected chi connectivity index (χ0v) is 19.0. The Morgan fingerprint density at radius 3 is 2.61 bits per heavy atom. The van der Waals surface area contributed by atoms with Crippen molar-refractivity contribution in [2.45, 2.75) is 55.8 Å². The van der Waals surface area contributed by atoms with Crippen LogP contribution in [-0.4, -0.2) is 76.4 Å². The van der Waals surface area contributed by atoms with E-state index in [1.165, 1.54) is 23.7 Å². The van der Waals surface area contributed by atoms with Gasteiger partial charge in [-0.3, -0.25) is 14.6 Å². The molecule has 0 aliphatic carbocycles. The molecule has 7 N–H and O–H groups in total. The van der Waals surface area contributed by atoms with Crippen molar-refractivity contribution in [3.8, 4) is 0 Å². The molecule has 11 heteroatoms. The fraction of sp³-hybridized carbons (Fsp3) is 0.550. The van der Waals surface area contributed by atoms with Crippen LogP contribution in [0.2, 0.25) is 0 Å². The molecule has 172 valence electrons. The molecule has 0 radical (unpaired) electrons. The van der Waals surface area contributed by atoms with Crippen molar-refractivity contribution in [2.24, 2.45) is 16.8 Å². The van der Waals surface area contributed by atoms with Crippen molar-refractivity contribution >= 4 is 28.7 Å². The van der Waals surface area contributed by atoms with Crippen molar-refractivity contribution in [3.63, 3.8) is 0 Å². The van der Waals surface area contributed by atoms with Gasteiger partial charge < -0.3 is 26.5 Å². The molecule has 1 aromatic rings. The van der Waals surface area contributed by atoms with Gasteiger partial charge in [0.15, 0.2) is 0 Å². The summed E-state index contributed by atoms with van der Waals surface area (Å²) in [5.74, 6) is 11.1. The number of aliphatic hydroxyl groups is 1. The number of nitrogens with one attached hydrogen (secondary N) is 2. The minimum Gasteiger partial charge on any atom is -0.391 e. The normalized spacial score (nSPS) is 19.6. The average molecular weight is 452 g/mol. The van der Waals surface area contributed by atoms with E-state index in [1.807, 2.05) is 30.3 Å². The van der Waals surface area contributed by atoms with E-state index >= 15 is 0 Å². The van der Waals surface area contributed by atoms with E-state index in [0.717, 1.165) is 17.7 Å². The highest BCUT2D eigenvalue weighted by Crippen LogP contribution is 2.23. The molecule has 1 aromatic carbocycles. The molecule has 0 saturated carbocycles. The smallest absolute Gasteiger partial charge is 0.248 e. The lowest BCUT2D eigenvalue weighted by Crippen LogP contribution is -2.58. The van der Waals surface area contributed by atoms with E-state index in [4.69, 9.17) is 11.7 Å². The van der Waals surface area contributed by atoms with Gasteiger partial charge in [0.2, 0.25) is 17.0 Å². The number of carbonyl (C=O) groups excluding carboxylic acids is 2. The average Bonchev–Trinajstić information content (AvgIpc) is 3.22. The van der Waals surface area contributed by atoms with Crippen LogP contribution in [0.5, 0.6) is 0 Å². The summed E-state index contributed by atoms with van der Waals surface area (Å²) in [6.45, 7) is 4.03. The molecule has 1 aliphatic rings. The molecule has 0 bridgehead atoms. The van der Waals surface area contributed by atoms with Crippen molar-refractivity contribution < 1.29 is 14.7 Å². The van der Waals surface area contributed by atoms with Gasteiger partial charge in [0.05, 0.1) is 24.7 Å². The lowest BCUT2D eigenvalue weighted by Gasteiger charge is -2.33. The molecule has 2 amide bonds. The van der Waals surface area contributed by atoms with Gasteiger partial charge in [-0.15, -0.1) is 0 Å². The Morgan fingerprint density at radius 1 is 1.35 bits per heavy atom. The van der Waals surface area contributed by atoms with E-state index in [-0.39, 0.29) is 17.9 Å². The molecule has 1 fully saturated rings. The van der Waals surface area contributed by atoms with Crippen LogP contribution in [0.25, 0.3) is 0 Å². The number of hydrazone groups is 1. The number of likely N-dealkylation sites (tertiary alicyclic amines) is 1. The maximum atomic E-state index is 13.2. The summed E-state index contributed by atoms with van der Waals surface area (Å²) < 4.78 is 0. The maximum absolute atomic E-state index is 13.2. The van der Waals surface area contributed by atoms with E-state index < -0.39 is 18.2 Å². The number of amidine groups is 1. The van der Waals surface area contributed by atoms with Gasteiger partial charge in [-0.2, -0.15) is 5.10 Å². The summed E-state index contributed by atoms with van der Waals surface area (Å²) >= 11 is 1.33. The third-order valence-corrected chi connectivity index (χ3v) is 6.28. The molecule has 4 atom stereocenters. The maximum Gasteiger partial charge on any atom is 0.248 e. The van der Waals surface area contributed by atoms with Crippen LogP contribution in [-0.2, 0) is 9.59 Å². The van der Waals surface area contributed by atoms with Crippen LogP contribution in [0.3, 0.4) is 0 Å². The first-order valence-electron chi connectivity index (χ1n) is 10.3. The molecule has 1 heterocycles. The molecule has 0 spiro atoms. The third-order valence-electron chi connectivity index (χ3n) is 5.25. The Kier molecular flexibility index (Phi) is 9.56. The van der Waals surface area contributed by atoms with Crippen LogP contribution in [0.15, 0.2) is 40.3 Å². The Morgan fingerprint density at radius 2 is 2.03 bits per heavy atom. The molecule has 1 saturated heterocycles. The lowest BCUT2D eigenvalue weighted by atomic mass is 10.1. The minimum atomic E-state index is -1.04. The Hall–Kier alpha value is -2.34. The third kappa shape index (κ3) is 6.82. The number of aliphatic hydroxyl groups excluding tert-OH is 1. The number of hydrogen-bond donors (Lipinski definition) is 5. The van der Waals surface area contributed by atoms with Gasteiger partial charge in [-0.25, -0.2) is 5.84 Å². The second kappa shape index (κ2) is 11.9. The van der Waals surface area contributed by atoms with E-state index in [0.29, 0.717) is 18.3 Å². The summed E-state index contributed by atoms with van der Waals surface area (Å²) in [5.41, 5.74) is 0. The molecule has 31 heavy (non-hydrogen) atoms. The number of rotatable bonds is 8. The second-order valence-corrected chi connectivity index (χ2v) is 8.58. The summed E-state index contributed by atoms with van der Waals surface area (Å²) in [5, 5.41) is 21.3. The lowest BCUT2D eigenvalue weighted by molar-refractivity contribution is -0.140. The SMILES string of the molecule is CN[C@@H](C)C(=O)N[C@H](C(=O)N1CCC[C@H]1CN(N)/C(=N\N)Sc1ccccc1)[C@@H](C)O. The van der Waals surface area contributed by atoms with Gasteiger partial charge in [0, 0.05) is 11.4 Å². The minimum absolute atomic E-state index is 0.189. The highest BCUT2D eigenvalue weighted by atomic mass is 32.2. The molecule has 10 nitrogen and oxygen atoms in total. The zero-order chi connectivity index (χ0) is 23.0. The summed E-state index contributed by atoms with van der Waals surface area (Å²) in [4.78, 5) is 28.0.